The van der Waals surface area contributed by atoms with Crippen molar-refractivity contribution in [3.8, 4) is 0 Å². The van der Waals surface area contributed by atoms with E-state index in [-0.39, 0.29) is 15.1 Å². The van der Waals surface area contributed by atoms with Gasteiger partial charge in [0.25, 0.3) is 0 Å². The van der Waals surface area contributed by atoms with Gasteiger partial charge in [0.1, 0.15) is 0 Å². The summed E-state index contributed by atoms with van der Waals surface area (Å²) in [5, 5.41) is 11.3. The molecule has 1 aliphatic rings. The van der Waals surface area contributed by atoms with Gasteiger partial charge in [-0.05, 0) is 43.9 Å². The van der Waals surface area contributed by atoms with Crippen molar-refractivity contribution in [3.05, 3.63) is 29.3 Å². The van der Waals surface area contributed by atoms with Crippen molar-refractivity contribution in [2.45, 2.75) is 38.3 Å². The van der Waals surface area contributed by atoms with E-state index < -0.39 is 0 Å². The highest BCUT2D eigenvalue weighted by Crippen LogP contribution is 2.47. The van der Waals surface area contributed by atoms with Gasteiger partial charge in [0.2, 0.25) is 0 Å². The van der Waals surface area contributed by atoms with Gasteiger partial charge in [0, 0.05) is 0 Å². The Hall–Kier alpha value is -0.603. The van der Waals surface area contributed by atoms with Crippen molar-refractivity contribution < 1.29 is 5.11 Å². The number of rotatable bonds is 2. The summed E-state index contributed by atoms with van der Waals surface area (Å²) in [5.41, 5.74) is 3.11. The Kier molecular flexibility index (Phi) is 2.28. The van der Waals surface area contributed by atoms with Gasteiger partial charge in [-0.1, -0.05) is 23.4 Å². The van der Waals surface area contributed by atoms with Crippen molar-refractivity contribution in [2.24, 2.45) is 0 Å². The van der Waals surface area contributed by atoms with Crippen LogP contribution in [-0.2, 0) is 0 Å². The Labute approximate surface area is 88.0 Å². The van der Waals surface area contributed by atoms with Crippen LogP contribution in [0.5, 0.6) is 0 Å². The standard InChI is InChI=1S/C12H18OSi/c1-8-5-4-6-10(9(8)2)14-11-7-12(11,3)13/h4-6,11,13H,7,14H2,1-3H3. The van der Waals surface area contributed by atoms with E-state index in [2.05, 4.69) is 32.0 Å². The van der Waals surface area contributed by atoms with E-state index in [1.54, 1.807) is 0 Å². The summed E-state index contributed by atoms with van der Waals surface area (Å²) in [6.07, 6.45) is 1.02. The lowest BCUT2D eigenvalue weighted by atomic mass is 10.1. The van der Waals surface area contributed by atoms with Crippen LogP contribution < -0.4 is 5.19 Å². The molecule has 2 heteroatoms. The van der Waals surface area contributed by atoms with Gasteiger partial charge >= 0.3 is 0 Å². The fraction of sp³-hybridized carbons (Fsp3) is 0.500. The Balaban J connectivity index is 2.14. The van der Waals surface area contributed by atoms with Gasteiger partial charge in [-0.15, -0.1) is 0 Å². The van der Waals surface area contributed by atoms with Crippen molar-refractivity contribution in [1.29, 1.82) is 0 Å². The van der Waals surface area contributed by atoms with E-state index in [0.29, 0.717) is 5.54 Å². The van der Waals surface area contributed by atoms with Crippen LogP contribution in [0.3, 0.4) is 0 Å². The summed E-state index contributed by atoms with van der Waals surface area (Å²) in [5.74, 6) is 0. The van der Waals surface area contributed by atoms with Crippen molar-refractivity contribution in [2.75, 3.05) is 0 Å². The highest BCUT2D eigenvalue weighted by Gasteiger charge is 2.48. The van der Waals surface area contributed by atoms with Gasteiger partial charge in [-0.25, -0.2) is 0 Å². The Morgan fingerprint density at radius 1 is 1.43 bits per heavy atom. The second-order valence-electron chi connectivity index (χ2n) is 4.82. The minimum Gasteiger partial charge on any atom is -0.390 e. The average Bonchev–Trinajstić information content (AvgIpc) is 2.68. The van der Waals surface area contributed by atoms with Crippen molar-refractivity contribution in [1.82, 2.24) is 0 Å². The second-order valence-corrected chi connectivity index (χ2v) is 6.98. The molecule has 0 bridgehead atoms. The van der Waals surface area contributed by atoms with Gasteiger partial charge < -0.3 is 5.11 Å². The van der Waals surface area contributed by atoms with E-state index in [1.165, 1.54) is 16.3 Å². The summed E-state index contributed by atoms with van der Waals surface area (Å²) in [4.78, 5) is 0. The Bertz CT molecular complexity index is 357. The van der Waals surface area contributed by atoms with Gasteiger partial charge in [-0.3, -0.25) is 0 Å². The lowest BCUT2D eigenvalue weighted by Gasteiger charge is -2.08. The van der Waals surface area contributed by atoms with E-state index in [0.717, 1.165) is 6.42 Å². The van der Waals surface area contributed by atoms with E-state index >= 15 is 0 Å². The molecule has 1 aromatic rings. The molecule has 1 fully saturated rings. The molecule has 1 nitrogen and oxygen atoms in total. The lowest BCUT2D eigenvalue weighted by molar-refractivity contribution is 0.172. The summed E-state index contributed by atoms with van der Waals surface area (Å²) < 4.78 is 0. The van der Waals surface area contributed by atoms with Crippen LogP contribution in [0, 0.1) is 13.8 Å². The molecule has 2 unspecified atom stereocenters. The molecule has 2 rings (SSSR count). The first-order chi connectivity index (χ1) is 6.50. The zero-order valence-corrected chi connectivity index (χ0v) is 10.6. The quantitative estimate of drug-likeness (QED) is 0.717. The van der Waals surface area contributed by atoms with Gasteiger partial charge in [0.15, 0.2) is 0 Å². The summed E-state index contributed by atoms with van der Waals surface area (Å²) >= 11 is 0. The molecule has 0 spiro atoms. The molecule has 0 saturated heterocycles. The molecule has 1 N–H and O–H groups in total. The van der Waals surface area contributed by atoms with Crippen LogP contribution in [0.4, 0.5) is 0 Å². The van der Waals surface area contributed by atoms with E-state index in [9.17, 15) is 5.11 Å². The maximum Gasteiger partial charge on any atom is 0.0624 e. The first kappa shape index (κ1) is 9.93. The molecular formula is C12H18OSi. The zero-order chi connectivity index (χ0) is 10.3. The number of aryl methyl sites for hydroxylation is 1. The maximum atomic E-state index is 9.75. The van der Waals surface area contributed by atoms with Crippen LogP contribution in [0.1, 0.15) is 24.5 Å². The molecule has 2 atom stereocenters. The molecule has 14 heavy (non-hydrogen) atoms. The predicted octanol–water partition coefficient (Wildman–Crippen LogP) is 1.04. The first-order valence-electron chi connectivity index (χ1n) is 5.28. The molecule has 76 valence electrons. The number of aliphatic hydroxyl groups is 1. The number of benzene rings is 1. The van der Waals surface area contributed by atoms with Crippen molar-refractivity contribution in [3.63, 3.8) is 0 Å². The van der Waals surface area contributed by atoms with Crippen molar-refractivity contribution >= 4 is 14.7 Å². The van der Waals surface area contributed by atoms with Crippen LogP contribution in [0.2, 0.25) is 5.54 Å². The normalized spacial score (nSPS) is 31.3. The lowest BCUT2D eigenvalue weighted by Crippen LogP contribution is -2.21. The highest BCUT2D eigenvalue weighted by molar-refractivity contribution is 6.57. The fourth-order valence-electron chi connectivity index (χ4n) is 2.03. The smallest absolute Gasteiger partial charge is 0.0624 e. The molecule has 1 saturated carbocycles. The molecule has 0 amide bonds. The molecule has 0 aliphatic heterocycles. The maximum absolute atomic E-state index is 9.75. The highest BCUT2D eigenvalue weighted by atomic mass is 28.2. The predicted molar refractivity (Wildman–Crippen MR) is 63.1 cm³/mol. The van der Waals surface area contributed by atoms with Gasteiger partial charge in [-0.2, -0.15) is 0 Å². The van der Waals surface area contributed by atoms with Gasteiger partial charge in [0.05, 0.1) is 15.1 Å². The monoisotopic (exact) mass is 206 g/mol. The molecular weight excluding hydrogens is 188 g/mol. The largest absolute Gasteiger partial charge is 0.390 e. The Morgan fingerprint density at radius 2 is 2.07 bits per heavy atom. The minimum absolute atomic E-state index is 0.270. The third-order valence-corrected chi connectivity index (χ3v) is 6.43. The average molecular weight is 206 g/mol. The third kappa shape index (κ3) is 1.77. The third-order valence-electron chi connectivity index (χ3n) is 3.56. The Morgan fingerprint density at radius 3 is 2.64 bits per heavy atom. The SMILES string of the molecule is Cc1cccc([SiH2]C2CC2(C)O)c1C. The van der Waals surface area contributed by atoms with Crippen LogP contribution in [-0.4, -0.2) is 20.2 Å². The molecule has 0 heterocycles. The van der Waals surface area contributed by atoms with Crippen LogP contribution >= 0.6 is 0 Å². The summed E-state index contributed by atoms with van der Waals surface area (Å²) in [7, 11) is -0.270. The zero-order valence-electron chi connectivity index (χ0n) is 9.17. The molecule has 0 aromatic heterocycles. The second kappa shape index (κ2) is 3.21. The summed E-state index contributed by atoms with van der Waals surface area (Å²) in [6.45, 7) is 6.34. The molecule has 1 aromatic carbocycles. The topological polar surface area (TPSA) is 20.2 Å². The first-order valence-corrected chi connectivity index (χ1v) is 6.80. The number of hydrogen-bond donors (Lipinski definition) is 1. The molecule has 0 radical (unpaired) electrons. The van der Waals surface area contributed by atoms with E-state index in [4.69, 9.17) is 0 Å². The summed E-state index contributed by atoms with van der Waals surface area (Å²) in [6, 6.07) is 6.54. The molecule has 1 aliphatic carbocycles. The van der Waals surface area contributed by atoms with Crippen LogP contribution in [0.25, 0.3) is 0 Å². The van der Waals surface area contributed by atoms with Crippen LogP contribution in [0.15, 0.2) is 18.2 Å². The fourth-order valence-corrected chi connectivity index (χ4v) is 4.59. The number of hydrogen-bond acceptors (Lipinski definition) is 1. The minimum atomic E-state index is -0.331. The van der Waals surface area contributed by atoms with E-state index in [1.807, 2.05) is 6.92 Å².